The highest BCUT2D eigenvalue weighted by atomic mass is 79.9. The predicted octanol–water partition coefficient (Wildman–Crippen LogP) is 3.68. The van der Waals surface area contributed by atoms with E-state index in [0.29, 0.717) is 34.7 Å². The number of amides is 1. The summed E-state index contributed by atoms with van der Waals surface area (Å²) in [5.41, 5.74) is 1.78. The number of carbonyl (C=O) groups is 2. The number of carboxylic acids is 1. The van der Waals surface area contributed by atoms with Crippen molar-refractivity contribution in [2.75, 3.05) is 19.8 Å². The summed E-state index contributed by atoms with van der Waals surface area (Å²) in [5, 5.41) is 11.6. The molecule has 0 aromatic heterocycles. The van der Waals surface area contributed by atoms with Crippen LogP contribution in [-0.2, 0) is 16.0 Å². The maximum absolute atomic E-state index is 12.0. The van der Waals surface area contributed by atoms with E-state index >= 15 is 0 Å². The van der Waals surface area contributed by atoms with E-state index in [2.05, 4.69) is 21.2 Å². The van der Waals surface area contributed by atoms with Crippen LogP contribution in [0.1, 0.15) is 18.1 Å². The van der Waals surface area contributed by atoms with E-state index in [1.165, 1.54) is 6.08 Å². The van der Waals surface area contributed by atoms with Gasteiger partial charge in [-0.3, -0.25) is 4.79 Å². The zero-order valence-electron chi connectivity index (χ0n) is 15.5. The van der Waals surface area contributed by atoms with Gasteiger partial charge in [0.2, 0.25) is 0 Å². The molecule has 7 heteroatoms. The Morgan fingerprint density at radius 3 is 2.54 bits per heavy atom. The molecule has 2 rings (SSSR count). The first-order valence-electron chi connectivity index (χ1n) is 8.80. The van der Waals surface area contributed by atoms with E-state index in [1.54, 1.807) is 12.1 Å². The Bertz CT molecular complexity index is 836. The molecular formula is C21H22BrNO5. The normalized spacial score (nSPS) is 10.6. The second-order valence-electron chi connectivity index (χ2n) is 5.80. The summed E-state index contributed by atoms with van der Waals surface area (Å²) in [5.74, 6) is -0.436. The van der Waals surface area contributed by atoms with Crippen LogP contribution in [0, 0.1) is 0 Å². The third kappa shape index (κ3) is 7.08. The lowest BCUT2D eigenvalue weighted by Gasteiger charge is -2.14. The smallest absolute Gasteiger partial charge is 0.328 e. The molecule has 0 saturated heterocycles. The minimum atomic E-state index is -1.04. The van der Waals surface area contributed by atoms with Crippen LogP contribution in [0.2, 0.25) is 0 Å². The molecule has 0 saturated carbocycles. The number of carboxylic acid groups (broad SMARTS) is 1. The van der Waals surface area contributed by atoms with Crippen molar-refractivity contribution in [3.05, 3.63) is 64.1 Å². The van der Waals surface area contributed by atoms with Crippen molar-refractivity contribution >= 4 is 33.9 Å². The van der Waals surface area contributed by atoms with Crippen LogP contribution in [0.4, 0.5) is 0 Å². The van der Waals surface area contributed by atoms with Gasteiger partial charge in [0, 0.05) is 17.1 Å². The number of hydrogen-bond donors (Lipinski definition) is 2. The summed E-state index contributed by atoms with van der Waals surface area (Å²) in [6.45, 7) is 2.61. The Hall–Kier alpha value is -2.80. The molecule has 2 N–H and O–H groups in total. The highest BCUT2D eigenvalue weighted by Crippen LogP contribution is 2.34. The summed E-state index contributed by atoms with van der Waals surface area (Å²) in [6, 6.07) is 13.2. The Labute approximate surface area is 172 Å². The summed E-state index contributed by atoms with van der Waals surface area (Å²) < 4.78 is 11.8. The number of rotatable bonds is 10. The van der Waals surface area contributed by atoms with Gasteiger partial charge in [0.1, 0.15) is 0 Å². The zero-order valence-corrected chi connectivity index (χ0v) is 17.1. The quantitative estimate of drug-likeness (QED) is 0.542. The van der Waals surface area contributed by atoms with Gasteiger partial charge in [-0.25, -0.2) is 4.79 Å². The molecule has 0 aliphatic heterocycles. The molecule has 0 radical (unpaired) electrons. The van der Waals surface area contributed by atoms with Crippen molar-refractivity contribution in [3.63, 3.8) is 0 Å². The van der Waals surface area contributed by atoms with Crippen LogP contribution in [-0.4, -0.2) is 36.7 Å². The first-order valence-corrected chi connectivity index (χ1v) is 9.59. The largest absolute Gasteiger partial charge is 0.490 e. The molecule has 2 aromatic carbocycles. The van der Waals surface area contributed by atoms with Crippen LogP contribution < -0.4 is 14.8 Å². The standard InChI is InChI=1S/C21H22BrNO5/c1-2-27-18-12-16(8-9-21(25)26)17(22)13-19(18)28-14-20(24)23-11-10-15-6-4-3-5-7-15/h3-9,12-13H,2,10-11,14H2,1H3,(H,23,24)(H,25,26)/b9-8+. The van der Waals surface area contributed by atoms with Gasteiger partial charge >= 0.3 is 5.97 Å². The minimum Gasteiger partial charge on any atom is -0.490 e. The first kappa shape index (κ1) is 21.5. The second kappa shape index (κ2) is 11.1. The van der Waals surface area contributed by atoms with Gasteiger partial charge < -0.3 is 19.9 Å². The third-order valence-electron chi connectivity index (χ3n) is 3.71. The summed E-state index contributed by atoms with van der Waals surface area (Å²) in [6.07, 6.45) is 3.23. The van der Waals surface area contributed by atoms with Crippen LogP contribution in [0.5, 0.6) is 11.5 Å². The van der Waals surface area contributed by atoms with Crippen LogP contribution in [0.25, 0.3) is 6.08 Å². The van der Waals surface area contributed by atoms with Gasteiger partial charge in [-0.05, 0) is 42.7 Å². The number of benzene rings is 2. The fourth-order valence-electron chi connectivity index (χ4n) is 2.41. The number of carbonyl (C=O) groups excluding carboxylic acids is 1. The van der Waals surface area contributed by atoms with Gasteiger partial charge in [-0.2, -0.15) is 0 Å². The number of halogens is 1. The zero-order chi connectivity index (χ0) is 20.4. The maximum atomic E-state index is 12.0. The average molecular weight is 448 g/mol. The molecule has 0 heterocycles. The Kier molecular flexibility index (Phi) is 8.55. The molecule has 0 atom stereocenters. The summed E-state index contributed by atoms with van der Waals surface area (Å²) in [4.78, 5) is 22.8. The number of ether oxygens (including phenoxy) is 2. The van der Waals surface area contributed by atoms with Gasteiger partial charge in [0.15, 0.2) is 18.1 Å². The lowest BCUT2D eigenvalue weighted by Crippen LogP contribution is -2.30. The molecule has 6 nitrogen and oxygen atoms in total. The molecule has 0 unspecified atom stereocenters. The van der Waals surface area contributed by atoms with E-state index in [-0.39, 0.29) is 12.5 Å². The van der Waals surface area contributed by atoms with Crippen molar-refractivity contribution in [1.29, 1.82) is 0 Å². The van der Waals surface area contributed by atoms with Crippen molar-refractivity contribution in [1.82, 2.24) is 5.32 Å². The summed E-state index contributed by atoms with van der Waals surface area (Å²) in [7, 11) is 0. The Morgan fingerprint density at radius 2 is 1.86 bits per heavy atom. The molecule has 0 aliphatic rings. The predicted molar refractivity (Wildman–Crippen MR) is 111 cm³/mol. The lowest BCUT2D eigenvalue weighted by molar-refractivity contribution is -0.131. The average Bonchev–Trinajstić information content (AvgIpc) is 2.67. The monoisotopic (exact) mass is 447 g/mol. The van der Waals surface area contributed by atoms with Crippen molar-refractivity contribution in [2.24, 2.45) is 0 Å². The highest BCUT2D eigenvalue weighted by Gasteiger charge is 2.12. The van der Waals surface area contributed by atoms with E-state index in [0.717, 1.165) is 18.1 Å². The van der Waals surface area contributed by atoms with Gasteiger partial charge in [0.25, 0.3) is 5.91 Å². The highest BCUT2D eigenvalue weighted by molar-refractivity contribution is 9.10. The van der Waals surface area contributed by atoms with Gasteiger partial charge in [-0.15, -0.1) is 0 Å². The molecule has 0 fully saturated rings. The maximum Gasteiger partial charge on any atom is 0.328 e. The van der Waals surface area contributed by atoms with E-state index in [1.807, 2.05) is 37.3 Å². The van der Waals surface area contributed by atoms with Crippen LogP contribution in [0.3, 0.4) is 0 Å². The van der Waals surface area contributed by atoms with E-state index in [4.69, 9.17) is 14.6 Å². The molecule has 2 aromatic rings. The number of aliphatic carboxylic acids is 1. The summed E-state index contributed by atoms with van der Waals surface area (Å²) >= 11 is 3.38. The SMILES string of the molecule is CCOc1cc(/C=C/C(=O)O)c(Br)cc1OCC(=O)NCCc1ccccc1. The molecule has 28 heavy (non-hydrogen) atoms. The number of nitrogens with one attached hydrogen (secondary N) is 1. The van der Waals surface area contributed by atoms with Gasteiger partial charge in [-0.1, -0.05) is 46.3 Å². The molecule has 0 aliphatic carbocycles. The van der Waals surface area contributed by atoms with E-state index < -0.39 is 5.97 Å². The first-order chi connectivity index (χ1) is 13.5. The fraction of sp³-hybridized carbons (Fsp3) is 0.238. The molecule has 148 valence electrons. The van der Waals surface area contributed by atoms with Crippen LogP contribution >= 0.6 is 15.9 Å². The molecule has 0 spiro atoms. The molecule has 1 amide bonds. The minimum absolute atomic E-state index is 0.147. The Balaban J connectivity index is 1.95. The lowest BCUT2D eigenvalue weighted by atomic mass is 10.1. The van der Waals surface area contributed by atoms with Crippen molar-refractivity contribution < 1.29 is 24.2 Å². The van der Waals surface area contributed by atoms with Crippen molar-refractivity contribution in [3.8, 4) is 11.5 Å². The topological polar surface area (TPSA) is 84.9 Å². The van der Waals surface area contributed by atoms with Crippen LogP contribution in [0.15, 0.2) is 53.0 Å². The van der Waals surface area contributed by atoms with E-state index in [9.17, 15) is 9.59 Å². The second-order valence-corrected chi connectivity index (χ2v) is 6.65. The Morgan fingerprint density at radius 1 is 1.14 bits per heavy atom. The third-order valence-corrected chi connectivity index (χ3v) is 4.39. The molecule has 0 bridgehead atoms. The fourth-order valence-corrected chi connectivity index (χ4v) is 2.86. The number of hydrogen-bond acceptors (Lipinski definition) is 4. The van der Waals surface area contributed by atoms with Crippen molar-refractivity contribution in [2.45, 2.75) is 13.3 Å². The molecular weight excluding hydrogens is 426 g/mol. The van der Waals surface area contributed by atoms with Gasteiger partial charge in [0.05, 0.1) is 6.61 Å².